The molecule has 0 unspecified atom stereocenters. The predicted molar refractivity (Wildman–Crippen MR) is 71.5 cm³/mol. The van der Waals surface area contributed by atoms with Gasteiger partial charge in [0.05, 0.1) is 17.4 Å². The summed E-state index contributed by atoms with van der Waals surface area (Å²) < 4.78 is 0. The van der Waals surface area contributed by atoms with Crippen LogP contribution in [0.5, 0.6) is 0 Å². The lowest BCUT2D eigenvalue weighted by Crippen LogP contribution is -2.47. The van der Waals surface area contributed by atoms with Crippen molar-refractivity contribution in [1.82, 2.24) is 4.90 Å². The van der Waals surface area contributed by atoms with Crippen LogP contribution in [-0.2, 0) is 9.59 Å². The topological polar surface area (TPSA) is 77.8 Å². The molecule has 1 amide bonds. The van der Waals surface area contributed by atoms with Crippen LogP contribution in [0.15, 0.2) is 12.2 Å². The summed E-state index contributed by atoms with van der Waals surface area (Å²) in [5, 5.41) is 19.0. The third-order valence-electron chi connectivity index (χ3n) is 3.34. The first kappa shape index (κ1) is 15.7. The van der Waals surface area contributed by atoms with E-state index in [1.165, 1.54) is 0 Å². The number of carbonyl (C=O) groups is 2. The predicted octanol–water partition coefficient (Wildman–Crippen LogP) is 1.27. The van der Waals surface area contributed by atoms with Gasteiger partial charge in [-0.25, -0.2) is 0 Å². The first-order chi connectivity index (χ1) is 8.76. The first-order valence-electron chi connectivity index (χ1n) is 6.65. The summed E-state index contributed by atoms with van der Waals surface area (Å²) in [5.74, 6) is -2.29. The van der Waals surface area contributed by atoms with E-state index in [4.69, 9.17) is 0 Å². The molecule has 1 aliphatic carbocycles. The van der Waals surface area contributed by atoms with Crippen molar-refractivity contribution >= 4 is 11.9 Å². The molecule has 19 heavy (non-hydrogen) atoms. The third kappa shape index (κ3) is 4.35. The molecule has 0 spiro atoms. The van der Waals surface area contributed by atoms with E-state index in [2.05, 4.69) is 0 Å². The maximum Gasteiger partial charge on any atom is 0.307 e. The Bertz CT molecular complexity index is 370. The van der Waals surface area contributed by atoms with Gasteiger partial charge in [0, 0.05) is 13.1 Å². The van der Waals surface area contributed by atoms with Gasteiger partial charge in [-0.05, 0) is 33.6 Å². The van der Waals surface area contributed by atoms with Gasteiger partial charge in [-0.3, -0.25) is 9.59 Å². The van der Waals surface area contributed by atoms with Gasteiger partial charge in [0.1, 0.15) is 0 Å². The molecule has 0 saturated carbocycles. The summed E-state index contributed by atoms with van der Waals surface area (Å²) in [5.41, 5.74) is -0.977. The van der Waals surface area contributed by atoms with E-state index >= 15 is 0 Å². The Morgan fingerprint density at radius 3 is 2.21 bits per heavy atom. The average Bonchev–Trinajstić information content (AvgIpc) is 2.34. The maximum absolute atomic E-state index is 12.4. The molecule has 0 heterocycles. The van der Waals surface area contributed by atoms with Crippen LogP contribution in [0.2, 0.25) is 0 Å². The quantitative estimate of drug-likeness (QED) is 0.737. The molecule has 1 aliphatic rings. The van der Waals surface area contributed by atoms with Gasteiger partial charge in [0.15, 0.2) is 0 Å². The van der Waals surface area contributed by atoms with Crippen LogP contribution in [0.3, 0.4) is 0 Å². The highest BCUT2D eigenvalue weighted by Gasteiger charge is 2.36. The Morgan fingerprint density at radius 2 is 1.79 bits per heavy atom. The molecular weight excluding hydrogens is 246 g/mol. The van der Waals surface area contributed by atoms with Gasteiger partial charge in [-0.2, -0.15) is 0 Å². The van der Waals surface area contributed by atoms with Crippen LogP contribution >= 0.6 is 0 Å². The van der Waals surface area contributed by atoms with Crippen molar-refractivity contribution in [3.05, 3.63) is 12.2 Å². The summed E-state index contributed by atoms with van der Waals surface area (Å²) in [6.45, 7) is 5.79. The Kier molecular flexibility index (Phi) is 5.11. The number of allylic oxidation sites excluding steroid dienone is 2. The van der Waals surface area contributed by atoms with Gasteiger partial charge in [0.25, 0.3) is 0 Å². The van der Waals surface area contributed by atoms with E-state index < -0.39 is 23.4 Å². The number of aliphatic carboxylic acids is 1. The molecule has 0 aromatic carbocycles. The van der Waals surface area contributed by atoms with Gasteiger partial charge in [-0.15, -0.1) is 0 Å². The molecule has 2 N–H and O–H groups in total. The van der Waals surface area contributed by atoms with Gasteiger partial charge in [-0.1, -0.05) is 12.2 Å². The summed E-state index contributed by atoms with van der Waals surface area (Å²) in [4.78, 5) is 25.2. The lowest BCUT2D eigenvalue weighted by molar-refractivity contribution is -0.151. The lowest BCUT2D eigenvalue weighted by Gasteiger charge is -2.33. The minimum atomic E-state index is -0.977. The zero-order chi connectivity index (χ0) is 14.6. The van der Waals surface area contributed by atoms with Crippen molar-refractivity contribution in [3.63, 3.8) is 0 Å². The van der Waals surface area contributed by atoms with Crippen LogP contribution in [0.1, 0.15) is 33.6 Å². The van der Waals surface area contributed by atoms with Gasteiger partial charge >= 0.3 is 5.97 Å². The number of hydrogen-bond acceptors (Lipinski definition) is 3. The van der Waals surface area contributed by atoms with Crippen LogP contribution in [0, 0.1) is 11.8 Å². The minimum Gasteiger partial charge on any atom is -0.481 e. The summed E-state index contributed by atoms with van der Waals surface area (Å²) in [6.07, 6.45) is 4.53. The van der Waals surface area contributed by atoms with Crippen molar-refractivity contribution in [1.29, 1.82) is 0 Å². The molecule has 108 valence electrons. The third-order valence-corrected chi connectivity index (χ3v) is 3.34. The molecule has 5 heteroatoms. The van der Waals surface area contributed by atoms with Crippen LogP contribution in [0.25, 0.3) is 0 Å². The van der Waals surface area contributed by atoms with E-state index in [0.29, 0.717) is 19.4 Å². The summed E-state index contributed by atoms with van der Waals surface area (Å²) in [6, 6.07) is 0. The number of amides is 1. The number of rotatable bonds is 5. The molecule has 0 radical (unpaired) electrons. The van der Waals surface area contributed by atoms with E-state index in [1.54, 1.807) is 18.7 Å². The smallest absolute Gasteiger partial charge is 0.307 e. The van der Waals surface area contributed by atoms with Crippen LogP contribution < -0.4 is 0 Å². The average molecular weight is 269 g/mol. The van der Waals surface area contributed by atoms with Crippen LogP contribution in [-0.4, -0.2) is 45.7 Å². The largest absolute Gasteiger partial charge is 0.481 e. The van der Waals surface area contributed by atoms with Crippen molar-refractivity contribution < 1.29 is 19.8 Å². The monoisotopic (exact) mass is 269 g/mol. The van der Waals surface area contributed by atoms with Crippen molar-refractivity contribution in [3.8, 4) is 0 Å². The summed E-state index contributed by atoms with van der Waals surface area (Å²) >= 11 is 0. The van der Waals surface area contributed by atoms with Crippen molar-refractivity contribution in [2.24, 2.45) is 11.8 Å². The molecule has 0 aromatic heterocycles. The lowest BCUT2D eigenvalue weighted by atomic mass is 9.82. The SMILES string of the molecule is CCN(CC(C)(C)O)C(=O)[C@@H]1CC=CC[C@@H]1C(=O)O. The first-order valence-corrected chi connectivity index (χ1v) is 6.65. The Labute approximate surface area is 113 Å². The second-order valence-corrected chi connectivity index (χ2v) is 5.66. The highest BCUT2D eigenvalue weighted by molar-refractivity contribution is 5.85. The highest BCUT2D eigenvalue weighted by atomic mass is 16.4. The Morgan fingerprint density at radius 1 is 1.26 bits per heavy atom. The molecule has 2 atom stereocenters. The number of carbonyl (C=O) groups excluding carboxylic acids is 1. The number of carboxylic acid groups (broad SMARTS) is 1. The molecule has 0 bridgehead atoms. The zero-order valence-corrected chi connectivity index (χ0v) is 11.8. The van der Waals surface area contributed by atoms with Gasteiger partial charge in [0.2, 0.25) is 5.91 Å². The summed E-state index contributed by atoms with van der Waals surface area (Å²) in [7, 11) is 0. The maximum atomic E-state index is 12.4. The molecule has 0 saturated heterocycles. The van der Waals surface area contributed by atoms with E-state index in [1.807, 2.05) is 19.1 Å². The van der Waals surface area contributed by atoms with Crippen LogP contribution in [0.4, 0.5) is 0 Å². The van der Waals surface area contributed by atoms with Crippen molar-refractivity contribution in [2.75, 3.05) is 13.1 Å². The number of aliphatic hydroxyl groups is 1. The van der Waals surface area contributed by atoms with E-state index in [-0.39, 0.29) is 12.5 Å². The minimum absolute atomic E-state index is 0.179. The zero-order valence-electron chi connectivity index (χ0n) is 11.8. The second kappa shape index (κ2) is 6.19. The molecule has 5 nitrogen and oxygen atoms in total. The second-order valence-electron chi connectivity index (χ2n) is 5.66. The van der Waals surface area contributed by atoms with E-state index in [9.17, 15) is 19.8 Å². The number of hydrogen-bond donors (Lipinski definition) is 2. The van der Waals surface area contributed by atoms with Crippen molar-refractivity contribution in [2.45, 2.75) is 39.2 Å². The molecular formula is C14H23NO4. The number of nitrogens with zero attached hydrogens (tertiary/aromatic N) is 1. The molecule has 1 rings (SSSR count). The molecule has 0 fully saturated rings. The normalized spacial score (nSPS) is 23.2. The Balaban J connectivity index is 2.83. The highest BCUT2D eigenvalue weighted by Crippen LogP contribution is 2.28. The number of likely N-dealkylation sites (N-methyl/N-ethyl adjacent to an activating group) is 1. The molecule has 0 aromatic rings. The number of carboxylic acids is 1. The molecule has 0 aliphatic heterocycles. The Hall–Kier alpha value is -1.36. The fourth-order valence-corrected chi connectivity index (χ4v) is 2.41. The fraction of sp³-hybridized carbons (Fsp3) is 0.714. The van der Waals surface area contributed by atoms with Gasteiger partial charge < -0.3 is 15.1 Å². The fourth-order valence-electron chi connectivity index (χ4n) is 2.41. The van der Waals surface area contributed by atoms with E-state index in [0.717, 1.165) is 0 Å². The standard InChI is InChI=1S/C14H23NO4/c1-4-15(9-14(2,3)19)12(16)10-7-5-6-8-11(10)13(17)18/h5-6,10-11,19H,4,7-9H2,1-3H3,(H,17,18)/t10-,11+/m1/s1.